The number of hydrogen-bond acceptors (Lipinski definition) is 4. The Morgan fingerprint density at radius 1 is 0.806 bits per heavy atom. The number of rotatable bonds is 7. The lowest BCUT2D eigenvalue weighted by Crippen LogP contribution is -2.37. The van der Waals surface area contributed by atoms with Crippen LogP contribution in [0.5, 0.6) is 5.75 Å². The molecule has 2 aromatic carbocycles. The Hall–Kier alpha value is -3.15. The van der Waals surface area contributed by atoms with Gasteiger partial charge in [0.1, 0.15) is 5.75 Å². The minimum Gasteiger partial charge on any atom is -0.494 e. The van der Waals surface area contributed by atoms with Crippen LogP contribution in [-0.4, -0.2) is 60.2 Å². The maximum Gasteiger partial charge on any atom is 0.253 e. The molecule has 3 rings (SSSR count). The second-order valence-electron chi connectivity index (χ2n) is 7.77. The largest absolute Gasteiger partial charge is 0.494 e. The average molecular weight is 423 g/mol. The smallest absolute Gasteiger partial charge is 0.253 e. The van der Waals surface area contributed by atoms with Crippen molar-refractivity contribution in [1.82, 2.24) is 9.80 Å². The van der Waals surface area contributed by atoms with Crippen molar-refractivity contribution in [3.63, 3.8) is 0 Å². The molecule has 31 heavy (non-hydrogen) atoms. The number of Topliss-reactive ketones (excluding diaryl/α,β-unsaturated/α-hetero) is 1. The van der Waals surface area contributed by atoms with Gasteiger partial charge in [-0.2, -0.15) is 0 Å². The summed E-state index contributed by atoms with van der Waals surface area (Å²) in [4.78, 5) is 41.4. The Balaban J connectivity index is 1.50. The van der Waals surface area contributed by atoms with Crippen LogP contribution in [0.25, 0.3) is 0 Å². The van der Waals surface area contributed by atoms with E-state index in [0.29, 0.717) is 43.9 Å². The highest BCUT2D eigenvalue weighted by molar-refractivity contribution is 5.98. The molecule has 1 fully saturated rings. The molecule has 1 saturated heterocycles. The molecule has 0 atom stereocenters. The summed E-state index contributed by atoms with van der Waals surface area (Å²) in [6, 6.07) is 14.6. The molecule has 2 amide bonds. The highest BCUT2D eigenvalue weighted by Gasteiger charge is 2.23. The number of carbonyl (C=O) groups is 3. The lowest BCUT2D eigenvalue weighted by Gasteiger charge is -2.22. The maximum atomic E-state index is 12.8. The Kier molecular flexibility index (Phi) is 7.82. The molecule has 0 aromatic heterocycles. The van der Waals surface area contributed by atoms with Crippen molar-refractivity contribution in [2.24, 2.45) is 0 Å². The van der Waals surface area contributed by atoms with Crippen molar-refractivity contribution in [3.8, 4) is 5.75 Å². The molecule has 0 unspecified atom stereocenters. The first-order valence-electron chi connectivity index (χ1n) is 10.9. The summed E-state index contributed by atoms with van der Waals surface area (Å²) in [5, 5.41) is 0. The predicted octanol–water partition coefficient (Wildman–Crippen LogP) is 3.73. The summed E-state index contributed by atoms with van der Waals surface area (Å²) >= 11 is 0. The van der Waals surface area contributed by atoms with Gasteiger partial charge in [0.25, 0.3) is 5.91 Å². The van der Waals surface area contributed by atoms with E-state index >= 15 is 0 Å². The Morgan fingerprint density at radius 2 is 1.42 bits per heavy atom. The summed E-state index contributed by atoms with van der Waals surface area (Å²) in [6.45, 7) is 6.66. The molecule has 1 heterocycles. The van der Waals surface area contributed by atoms with E-state index in [1.807, 2.05) is 26.0 Å². The summed E-state index contributed by atoms with van der Waals surface area (Å²) in [6.07, 6.45) is 1.12. The van der Waals surface area contributed by atoms with Gasteiger partial charge in [-0.05, 0) is 44.5 Å². The number of nitrogens with zero attached hydrogens (tertiary/aromatic N) is 2. The van der Waals surface area contributed by atoms with Crippen LogP contribution in [0.4, 0.5) is 0 Å². The van der Waals surface area contributed by atoms with E-state index in [9.17, 15) is 14.4 Å². The second kappa shape index (κ2) is 10.8. The van der Waals surface area contributed by atoms with Crippen LogP contribution in [0.2, 0.25) is 0 Å². The van der Waals surface area contributed by atoms with E-state index in [-0.39, 0.29) is 30.4 Å². The number of ketones is 1. The van der Waals surface area contributed by atoms with Crippen LogP contribution in [0.15, 0.2) is 48.5 Å². The summed E-state index contributed by atoms with van der Waals surface area (Å²) in [5.41, 5.74) is 2.36. The van der Waals surface area contributed by atoms with E-state index in [0.717, 1.165) is 17.7 Å². The predicted molar refractivity (Wildman–Crippen MR) is 119 cm³/mol. The third kappa shape index (κ3) is 6.17. The van der Waals surface area contributed by atoms with Crippen molar-refractivity contribution in [3.05, 3.63) is 65.2 Å². The summed E-state index contributed by atoms with van der Waals surface area (Å²) in [5.74, 6) is 0.657. The minimum absolute atomic E-state index is 0.0181. The van der Waals surface area contributed by atoms with E-state index in [2.05, 4.69) is 0 Å². The van der Waals surface area contributed by atoms with Gasteiger partial charge < -0.3 is 14.5 Å². The molecule has 0 saturated carbocycles. The van der Waals surface area contributed by atoms with Gasteiger partial charge in [0.2, 0.25) is 5.91 Å². The fraction of sp³-hybridized carbons (Fsp3) is 0.400. The number of hydrogen-bond donors (Lipinski definition) is 0. The minimum atomic E-state index is -0.0353. The number of ether oxygens (including phenoxy) is 1. The summed E-state index contributed by atoms with van der Waals surface area (Å²) in [7, 11) is 0. The van der Waals surface area contributed by atoms with Crippen molar-refractivity contribution >= 4 is 17.6 Å². The van der Waals surface area contributed by atoms with Gasteiger partial charge in [-0.15, -0.1) is 0 Å². The molecule has 0 spiro atoms. The van der Waals surface area contributed by atoms with Crippen molar-refractivity contribution in [2.45, 2.75) is 33.1 Å². The molecule has 0 N–H and O–H groups in total. The second-order valence-corrected chi connectivity index (χ2v) is 7.77. The van der Waals surface area contributed by atoms with Gasteiger partial charge in [-0.25, -0.2) is 0 Å². The topological polar surface area (TPSA) is 66.9 Å². The van der Waals surface area contributed by atoms with Crippen molar-refractivity contribution in [1.29, 1.82) is 0 Å². The van der Waals surface area contributed by atoms with Crippen LogP contribution >= 0.6 is 0 Å². The van der Waals surface area contributed by atoms with Crippen LogP contribution in [0.1, 0.15) is 52.5 Å². The first-order chi connectivity index (χ1) is 15.0. The maximum absolute atomic E-state index is 12.8. The fourth-order valence-electron chi connectivity index (χ4n) is 3.68. The van der Waals surface area contributed by atoms with Gasteiger partial charge in [-0.3, -0.25) is 14.4 Å². The quantitative estimate of drug-likeness (QED) is 0.638. The molecule has 0 aliphatic carbocycles. The molecular weight excluding hydrogens is 392 g/mol. The van der Waals surface area contributed by atoms with E-state index in [4.69, 9.17) is 4.74 Å². The lowest BCUT2D eigenvalue weighted by atomic mass is 10.0. The normalized spacial score (nSPS) is 14.1. The average Bonchev–Trinajstić information content (AvgIpc) is 3.04. The molecule has 6 nitrogen and oxygen atoms in total. The molecule has 2 aromatic rings. The molecule has 0 bridgehead atoms. The van der Waals surface area contributed by atoms with Crippen LogP contribution in [0.3, 0.4) is 0 Å². The zero-order chi connectivity index (χ0) is 22.2. The van der Waals surface area contributed by atoms with Gasteiger partial charge >= 0.3 is 0 Å². The lowest BCUT2D eigenvalue weighted by molar-refractivity contribution is -0.131. The van der Waals surface area contributed by atoms with Gasteiger partial charge in [-0.1, -0.05) is 29.8 Å². The molecule has 6 heteroatoms. The molecule has 1 aliphatic rings. The standard InChI is InChI=1S/C25H30N2O4/c1-3-31-22-11-9-21(10-12-22)25(30)27-16-4-15-26(17-18-27)24(29)14-13-23(28)20-7-5-19(2)6-8-20/h5-12H,3-4,13-18H2,1-2H3. The van der Waals surface area contributed by atoms with E-state index < -0.39 is 0 Å². The van der Waals surface area contributed by atoms with E-state index in [1.54, 1.807) is 46.2 Å². The molecule has 0 radical (unpaired) electrons. The first kappa shape index (κ1) is 22.5. The van der Waals surface area contributed by atoms with Crippen LogP contribution < -0.4 is 4.74 Å². The van der Waals surface area contributed by atoms with Crippen molar-refractivity contribution < 1.29 is 19.1 Å². The third-order valence-corrected chi connectivity index (χ3v) is 5.49. The first-order valence-corrected chi connectivity index (χ1v) is 10.9. The number of amides is 2. The highest BCUT2D eigenvalue weighted by atomic mass is 16.5. The molecule has 164 valence electrons. The number of benzene rings is 2. The van der Waals surface area contributed by atoms with Crippen LogP contribution in [0, 0.1) is 6.92 Å². The highest BCUT2D eigenvalue weighted by Crippen LogP contribution is 2.16. The van der Waals surface area contributed by atoms with Crippen LogP contribution in [-0.2, 0) is 4.79 Å². The zero-order valence-electron chi connectivity index (χ0n) is 18.3. The SMILES string of the molecule is CCOc1ccc(C(=O)N2CCCN(C(=O)CCC(=O)c3ccc(C)cc3)CC2)cc1. The number of carbonyl (C=O) groups excluding carboxylic acids is 3. The Bertz CT molecular complexity index is 906. The zero-order valence-corrected chi connectivity index (χ0v) is 18.3. The van der Waals surface area contributed by atoms with E-state index in [1.165, 1.54) is 0 Å². The Labute approximate surface area is 183 Å². The monoisotopic (exact) mass is 422 g/mol. The Morgan fingerprint density at radius 3 is 2.10 bits per heavy atom. The van der Waals surface area contributed by atoms with Gasteiger partial charge in [0.15, 0.2) is 5.78 Å². The van der Waals surface area contributed by atoms with Crippen molar-refractivity contribution in [2.75, 3.05) is 32.8 Å². The van der Waals surface area contributed by atoms with Gasteiger partial charge in [0, 0.05) is 50.1 Å². The third-order valence-electron chi connectivity index (χ3n) is 5.49. The summed E-state index contributed by atoms with van der Waals surface area (Å²) < 4.78 is 5.43. The molecule has 1 aliphatic heterocycles. The fourth-order valence-corrected chi connectivity index (χ4v) is 3.68. The molecular formula is C25H30N2O4. The number of aryl methyl sites for hydroxylation is 1. The van der Waals surface area contributed by atoms with Gasteiger partial charge in [0.05, 0.1) is 6.61 Å².